The van der Waals surface area contributed by atoms with E-state index in [1.54, 1.807) is 0 Å². The molecule has 0 aliphatic heterocycles. The maximum absolute atomic E-state index is 9.60. The molecule has 0 atom stereocenters. The minimum Gasteiger partial charge on any atom is -0.456 e. The molecule has 238 valence electrons. The number of benzene rings is 7. The van der Waals surface area contributed by atoms with Gasteiger partial charge >= 0.3 is 0 Å². The molecule has 0 radical (unpaired) electrons. The van der Waals surface area contributed by atoms with E-state index in [4.69, 9.17) is 19.4 Å². The maximum atomic E-state index is 9.60. The minimum absolute atomic E-state index is 0.552. The normalized spacial score (nSPS) is 11.1. The molecule has 0 saturated heterocycles. The van der Waals surface area contributed by atoms with Crippen molar-refractivity contribution >= 4 is 21.9 Å². The van der Waals surface area contributed by atoms with Gasteiger partial charge in [0.25, 0.3) is 0 Å². The van der Waals surface area contributed by atoms with E-state index in [1.807, 2.05) is 103 Å². The van der Waals surface area contributed by atoms with Gasteiger partial charge in [0.05, 0.1) is 11.6 Å². The number of nitriles is 1. The van der Waals surface area contributed by atoms with E-state index in [1.165, 1.54) is 0 Å². The molecule has 0 saturated carbocycles. The summed E-state index contributed by atoms with van der Waals surface area (Å²) < 4.78 is 6.45. The Morgan fingerprint density at radius 1 is 0.392 bits per heavy atom. The number of hydrogen-bond acceptors (Lipinski definition) is 5. The highest BCUT2D eigenvalue weighted by molar-refractivity contribution is 6.13. The van der Waals surface area contributed by atoms with Crippen LogP contribution in [0.2, 0.25) is 0 Å². The third kappa shape index (κ3) is 5.61. The molecule has 0 unspecified atom stereocenters. The van der Waals surface area contributed by atoms with E-state index in [2.05, 4.69) is 72.8 Å². The summed E-state index contributed by atoms with van der Waals surface area (Å²) in [6.45, 7) is 0. The molecule has 2 aromatic heterocycles. The van der Waals surface area contributed by atoms with Gasteiger partial charge in [0.2, 0.25) is 0 Å². The SMILES string of the molecule is N#Cc1cccc(-c2ccc(-c3nc(-c4ccccc4)nc(-c4ccc5c(c4)oc4cccc(-c6ccccc6)c45)n3)cc2-c2ccccc2)c1. The fourth-order valence-corrected chi connectivity index (χ4v) is 6.72. The third-order valence-electron chi connectivity index (χ3n) is 9.17. The minimum atomic E-state index is 0.552. The van der Waals surface area contributed by atoms with Crippen molar-refractivity contribution in [1.82, 2.24) is 15.0 Å². The van der Waals surface area contributed by atoms with Gasteiger partial charge in [-0.2, -0.15) is 5.26 Å². The van der Waals surface area contributed by atoms with Gasteiger partial charge in [0.1, 0.15) is 11.2 Å². The molecule has 5 nitrogen and oxygen atoms in total. The highest BCUT2D eigenvalue weighted by Gasteiger charge is 2.18. The summed E-state index contributed by atoms with van der Waals surface area (Å²) in [4.78, 5) is 15.1. The monoisotopic (exact) mass is 652 g/mol. The Balaban J connectivity index is 1.21. The first kappa shape index (κ1) is 29.9. The van der Waals surface area contributed by atoms with E-state index in [-0.39, 0.29) is 0 Å². The Bertz CT molecular complexity index is 2750. The van der Waals surface area contributed by atoms with Crippen molar-refractivity contribution in [1.29, 1.82) is 5.26 Å². The van der Waals surface area contributed by atoms with Gasteiger partial charge in [-0.3, -0.25) is 0 Å². The summed E-state index contributed by atoms with van der Waals surface area (Å²) in [5.41, 5.74) is 11.1. The first-order valence-corrected chi connectivity index (χ1v) is 16.7. The summed E-state index contributed by atoms with van der Waals surface area (Å²) in [6.07, 6.45) is 0. The van der Waals surface area contributed by atoms with E-state index in [0.29, 0.717) is 23.0 Å². The van der Waals surface area contributed by atoms with Crippen LogP contribution in [0.3, 0.4) is 0 Å². The Labute approximate surface area is 294 Å². The van der Waals surface area contributed by atoms with Crippen molar-refractivity contribution in [3.05, 3.63) is 175 Å². The quantitative estimate of drug-likeness (QED) is 0.179. The predicted octanol–water partition coefficient (Wildman–Crippen LogP) is 11.6. The summed E-state index contributed by atoms with van der Waals surface area (Å²) in [6, 6.07) is 59.2. The number of fused-ring (bicyclic) bond motifs is 3. The van der Waals surface area contributed by atoms with Gasteiger partial charge < -0.3 is 4.42 Å². The Morgan fingerprint density at radius 3 is 1.65 bits per heavy atom. The molecule has 9 rings (SSSR count). The van der Waals surface area contributed by atoms with Crippen LogP contribution in [0, 0.1) is 11.3 Å². The van der Waals surface area contributed by atoms with Gasteiger partial charge in [-0.15, -0.1) is 0 Å². The van der Waals surface area contributed by atoms with Crippen molar-refractivity contribution in [2.24, 2.45) is 0 Å². The lowest BCUT2D eigenvalue weighted by atomic mass is 9.92. The Kier molecular flexibility index (Phi) is 7.46. The van der Waals surface area contributed by atoms with Crippen LogP contribution >= 0.6 is 0 Å². The van der Waals surface area contributed by atoms with Crippen LogP contribution in [0.5, 0.6) is 0 Å². The zero-order chi connectivity index (χ0) is 34.1. The number of nitrogens with zero attached hydrogens (tertiary/aromatic N) is 4. The van der Waals surface area contributed by atoms with Crippen molar-refractivity contribution in [2.75, 3.05) is 0 Å². The zero-order valence-corrected chi connectivity index (χ0v) is 27.4. The fraction of sp³-hybridized carbons (Fsp3) is 0. The van der Waals surface area contributed by atoms with Crippen LogP contribution < -0.4 is 0 Å². The summed E-state index contributed by atoms with van der Waals surface area (Å²) in [7, 11) is 0. The molecule has 7 aromatic carbocycles. The summed E-state index contributed by atoms with van der Waals surface area (Å²) in [5, 5.41) is 11.7. The second-order valence-corrected chi connectivity index (χ2v) is 12.3. The van der Waals surface area contributed by atoms with Crippen molar-refractivity contribution in [3.8, 4) is 73.6 Å². The van der Waals surface area contributed by atoms with Crippen LogP contribution in [-0.4, -0.2) is 15.0 Å². The molecule has 0 bridgehead atoms. The lowest BCUT2D eigenvalue weighted by Gasteiger charge is -2.14. The smallest absolute Gasteiger partial charge is 0.164 e. The van der Waals surface area contributed by atoms with Gasteiger partial charge in [-0.1, -0.05) is 133 Å². The predicted molar refractivity (Wildman–Crippen MR) is 204 cm³/mol. The average Bonchev–Trinajstić information content (AvgIpc) is 3.60. The Morgan fingerprint density at radius 2 is 0.961 bits per heavy atom. The molecule has 0 amide bonds. The Hall–Kier alpha value is -7.16. The summed E-state index contributed by atoms with van der Waals surface area (Å²) in [5.74, 6) is 1.69. The molecular formula is C46H28N4O. The van der Waals surface area contributed by atoms with Crippen LogP contribution in [0.15, 0.2) is 174 Å². The second-order valence-electron chi connectivity index (χ2n) is 12.3. The molecular weight excluding hydrogens is 625 g/mol. The van der Waals surface area contributed by atoms with Gasteiger partial charge in [-0.05, 0) is 69.8 Å². The molecule has 0 aliphatic carbocycles. The molecule has 51 heavy (non-hydrogen) atoms. The van der Waals surface area contributed by atoms with Crippen molar-refractivity contribution < 1.29 is 4.42 Å². The first-order valence-electron chi connectivity index (χ1n) is 16.7. The van der Waals surface area contributed by atoms with Crippen molar-refractivity contribution in [2.45, 2.75) is 0 Å². The van der Waals surface area contributed by atoms with Crippen molar-refractivity contribution in [3.63, 3.8) is 0 Å². The number of rotatable bonds is 6. The highest BCUT2D eigenvalue weighted by Crippen LogP contribution is 2.39. The third-order valence-corrected chi connectivity index (χ3v) is 9.17. The molecule has 0 aliphatic rings. The topological polar surface area (TPSA) is 75.6 Å². The lowest BCUT2D eigenvalue weighted by molar-refractivity contribution is 0.669. The first-order chi connectivity index (χ1) is 25.2. The zero-order valence-electron chi connectivity index (χ0n) is 27.4. The summed E-state index contributed by atoms with van der Waals surface area (Å²) >= 11 is 0. The van der Waals surface area contributed by atoms with Gasteiger partial charge in [-0.25, -0.2) is 15.0 Å². The molecule has 0 spiro atoms. The number of aromatic nitrogens is 3. The van der Waals surface area contributed by atoms with E-state index < -0.39 is 0 Å². The standard InChI is InChI=1S/C46H28N4O/c47-29-30-12-10-19-34(26-30)37-24-22-35(27-40(37)32-15-6-2-7-16-32)45-48-44(33-17-8-3-9-18-33)49-46(50-45)36-23-25-39-42(28-36)51-41-21-11-20-38(43(39)41)31-13-4-1-5-14-31/h1-28H. The lowest BCUT2D eigenvalue weighted by Crippen LogP contribution is -2.00. The maximum Gasteiger partial charge on any atom is 0.164 e. The van der Waals surface area contributed by atoms with Crippen LogP contribution in [0.4, 0.5) is 0 Å². The van der Waals surface area contributed by atoms with Gasteiger partial charge in [0, 0.05) is 27.5 Å². The highest BCUT2D eigenvalue weighted by atomic mass is 16.3. The fourth-order valence-electron chi connectivity index (χ4n) is 6.72. The van der Waals surface area contributed by atoms with E-state index >= 15 is 0 Å². The molecule has 9 aromatic rings. The molecule has 5 heteroatoms. The largest absolute Gasteiger partial charge is 0.456 e. The van der Waals surface area contributed by atoms with Crippen LogP contribution in [0.1, 0.15) is 5.56 Å². The van der Waals surface area contributed by atoms with Gasteiger partial charge in [0.15, 0.2) is 17.5 Å². The van der Waals surface area contributed by atoms with Crippen LogP contribution in [-0.2, 0) is 0 Å². The molecule has 2 heterocycles. The molecule has 0 fully saturated rings. The van der Waals surface area contributed by atoms with E-state index in [0.717, 1.165) is 72.0 Å². The number of furan rings is 1. The van der Waals surface area contributed by atoms with Crippen LogP contribution in [0.25, 0.3) is 89.5 Å². The average molecular weight is 653 g/mol. The number of hydrogen-bond donors (Lipinski definition) is 0. The molecule has 0 N–H and O–H groups in total. The second kappa shape index (κ2) is 12.7. The van der Waals surface area contributed by atoms with E-state index in [9.17, 15) is 5.26 Å².